The highest BCUT2D eigenvalue weighted by Crippen LogP contribution is 2.58. The van der Waals surface area contributed by atoms with E-state index in [-0.39, 0.29) is 12.8 Å². The smallest absolute Gasteiger partial charge is 0.317 e. The fourth-order valence-corrected chi connectivity index (χ4v) is 2.44. The van der Waals surface area contributed by atoms with E-state index in [1.54, 1.807) is 0 Å². The Kier molecular flexibility index (Phi) is 4.30. The van der Waals surface area contributed by atoms with Gasteiger partial charge < -0.3 is 18.7 Å². The van der Waals surface area contributed by atoms with E-state index in [1.807, 2.05) is 0 Å². The molecule has 1 aliphatic rings. The fourth-order valence-electron chi connectivity index (χ4n) is 0.933. The van der Waals surface area contributed by atoms with Gasteiger partial charge in [0.1, 0.15) is 6.16 Å². The van der Waals surface area contributed by atoms with Crippen LogP contribution in [0.5, 0.6) is 0 Å². The number of esters is 1. The van der Waals surface area contributed by atoms with Gasteiger partial charge in [-0.15, -0.1) is 6.42 Å². The van der Waals surface area contributed by atoms with Crippen LogP contribution < -0.4 is 0 Å². The summed E-state index contributed by atoms with van der Waals surface area (Å²) >= 11 is 0. The number of rotatable bonds is 3. The molecular formula is C8H12O5P. The Labute approximate surface area is 82.9 Å². The van der Waals surface area contributed by atoms with Crippen molar-refractivity contribution in [2.24, 2.45) is 0 Å². The molecule has 1 heterocycles. The third kappa shape index (κ3) is 3.60. The van der Waals surface area contributed by atoms with Crippen LogP contribution in [-0.2, 0) is 18.6 Å². The first-order valence-corrected chi connectivity index (χ1v) is 5.91. The van der Waals surface area contributed by atoms with Crippen molar-refractivity contribution in [3.8, 4) is 12.3 Å². The maximum atomic E-state index is 11.1. The minimum Gasteiger partial charge on any atom is -0.452 e. The maximum absolute atomic E-state index is 11.1. The molecule has 1 fully saturated rings. The highest BCUT2D eigenvalue weighted by atomic mass is 31.2. The largest absolute Gasteiger partial charge is 0.452 e. The lowest BCUT2D eigenvalue weighted by molar-refractivity contribution is -0.139. The van der Waals surface area contributed by atoms with E-state index in [0.29, 0.717) is 13.2 Å². The lowest BCUT2D eigenvalue weighted by Gasteiger charge is -2.31. The molecule has 1 N–H and O–H groups in total. The molecule has 0 bridgehead atoms. The first-order chi connectivity index (χ1) is 6.66. The predicted octanol–water partition coefficient (Wildman–Crippen LogP) is 0.355. The summed E-state index contributed by atoms with van der Waals surface area (Å²) in [5.41, 5.74) is 0. The van der Waals surface area contributed by atoms with Gasteiger partial charge in [-0.25, -0.2) is 0 Å². The molecule has 0 spiro atoms. The lowest BCUT2D eigenvalue weighted by atomic mass is 10.5. The summed E-state index contributed by atoms with van der Waals surface area (Å²) in [6.45, 7) is 0.720. The Hall–Kier alpha value is -0.660. The molecule has 1 radical (unpaired) electrons. The molecule has 0 amide bonds. The molecule has 1 saturated heterocycles. The van der Waals surface area contributed by atoms with Gasteiger partial charge in [0, 0.05) is 0 Å². The monoisotopic (exact) mass is 219 g/mol. The van der Waals surface area contributed by atoms with Crippen molar-refractivity contribution in [3.63, 3.8) is 0 Å². The van der Waals surface area contributed by atoms with Crippen LogP contribution in [-0.4, -0.2) is 36.8 Å². The number of ether oxygens (including phenoxy) is 1. The van der Waals surface area contributed by atoms with E-state index in [9.17, 15) is 9.69 Å². The Balaban J connectivity index is 2.34. The Bertz CT molecular complexity index is 241. The average molecular weight is 219 g/mol. The van der Waals surface area contributed by atoms with Crippen molar-refractivity contribution in [1.82, 2.24) is 0 Å². The Morgan fingerprint density at radius 1 is 1.57 bits per heavy atom. The van der Waals surface area contributed by atoms with Gasteiger partial charge in [0.05, 0.1) is 13.2 Å². The SMILES string of the molecule is C#CCOC(=O)C[P]1(O)OCCCO1. The molecule has 0 unspecified atom stereocenters. The van der Waals surface area contributed by atoms with Gasteiger partial charge in [0.15, 0.2) is 6.61 Å². The van der Waals surface area contributed by atoms with Crippen molar-refractivity contribution in [2.45, 2.75) is 6.42 Å². The molecule has 1 rings (SSSR count). The molecule has 5 nitrogen and oxygen atoms in total. The first-order valence-electron chi connectivity index (χ1n) is 4.15. The number of carbonyl (C=O) groups is 1. The molecule has 0 aromatic rings. The zero-order valence-corrected chi connectivity index (χ0v) is 8.53. The second-order valence-electron chi connectivity index (χ2n) is 2.68. The topological polar surface area (TPSA) is 65.0 Å². The predicted molar refractivity (Wildman–Crippen MR) is 50.3 cm³/mol. The normalized spacial score (nSPS) is 19.7. The number of hydrogen-bond acceptors (Lipinski definition) is 5. The van der Waals surface area contributed by atoms with E-state index in [4.69, 9.17) is 15.5 Å². The highest BCUT2D eigenvalue weighted by Gasteiger charge is 2.34. The lowest BCUT2D eigenvalue weighted by Crippen LogP contribution is -2.21. The highest BCUT2D eigenvalue weighted by molar-refractivity contribution is 7.61. The zero-order valence-electron chi connectivity index (χ0n) is 7.64. The first kappa shape index (κ1) is 11.4. The van der Waals surface area contributed by atoms with E-state index >= 15 is 0 Å². The summed E-state index contributed by atoms with van der Waals surface area (Å²) < 4.78 is 14.6. The van der Waals surface area contributed by atoms with Crippen LogP contribution in [0.3, 0.4) is 0 Å². The van der Waals surface area contributed by atoms with Gasteiger partial charge in [-0.3, -0.25) is 4.79 Å². The van der Waals surface area contributed by atoms with Gasteiger partial charge in [0.2, 0.25) is 7.94 Å². The minimum atomic E-state index is -3.00. The number of hydrogen-bond donors (Lipinski definition) is 1. The number of terminal acetylenes is 1. The summed E-state index contributed by atoms with van der Waals surface area (Å²) in [5.74, 6) is 1.56. The van der Waals surface area contributed by atoms with E-state index in [0.717, 1.165) is 6.42 Å². The summed E-state index contributed by atoms with van der Waals surface area (Å²) in [7, 11) is -3.00. The Morgan fingerprint density at radius 2 is 2.21 bits per heavy atom. The molecule has 0 aromatic carbocycles. The molecular weight excluding hydrogens is 207 g/mol. The van der Waals surface area contributed by atoms with Crippen LogP contribution in [0.25, 0.3) is 0 Å². The molecule has 6 heteroatoms. The molecule has 0 atom stereocenters. The second kappa shape index (κ2) is 5.28. The van der Waals surface area contributed by atoms with Crippen LogP contribution in [0, 0.1) is 12.3 Å². The van der Waals surface area contributed by atoms with Crippen molar-refractivity contribution in [1.29, 1.82) is 0 Å². The molecule has 0 aliphatic carbocycles. The van der Waals surface area contributed by atoms with E-state index in [2.05, 4.69) is 10.7 Å². The van der Waals surface area contributed by atoms with Crippen LogP contribution >= 0.6 is 7.94 Å². The standard InChI is InChI=1S/C8H12O5P/c1-2-4-11-8(9)7-14(10)12-5-3-6-13-14/h1,10H,3-7H2. The molecule has 0 aromatic heterocycles. The summed E-state index contributed by atoms with van der Waals surface area (Å²) in [4.78, 5) is 20.7. The zero-order chi connectivity index (χ0) is 10.4. The molecule has 1 aliphatic heterocycles. The van der Waals surface area contributed by atoms with E-state index in [1.165, 1.54) is 0 Å². The second-order valence-corrected chi connectivity index (χ2v) is 4.79. The Morgan fingerprint density at radius 3 is 2.79 bits per heavy atom. The van der Waals surface area contributed by atoms with Gasteiger partial charge >= 0.3 is 5.97 Å². The van der Waals surface area contributed by atoms with Crippen molar-refractivity contribution in [2.75, 3.05) is 26.0 Å². The van der Waals surface area contributed by atoms with Crippen molar-refractivity contribution < 1.29 is 23.5 Å². The summed E-state index contributed by atoms with van der Waals surface area (Å²) in [6, 6.07) is 0. The van der Waals surface area contributed by atoms with Crippen LogP contribution in [0.15, 0.2) is 0 Å². The summed E-state index contributed by atoms with van der Waals surface area (Å²) in [6.07, 6.45) is 5.37. The van der Waals surface area contributed by atoms with Crippen LogP contribution in [0.4, 0.5) is 0 Å². The van der Waals surface area contributed by atoms with Crippen LogP contribution in [0.2, 0.25) is 0 Å². The summed E-state index contributed by atoms with van der Waals surface area (Å²) in [5, 5.41) is 0. The fraction of sp³-hybridized carbons (Fsp3) is 0.625. The molecule has 0 saturated carbocycles. The van der Waals surface area contributed by atoms with Gasteiger partial charge in [-0.05, 0) is 6.42 Å². The van der Waals surface area contributed by atoms with Crippen LogP contribution in [0.1, 0.15) is 6.42 Å². The number of carbonyl (C=O) groups excluding carboxylic acids is 1. The van der Waals surface area contributed by atoms with Crippen molar-refractivity contribution >= 4 is 13.9 Å². The molecule has 79 valence electrons. The van der Waals surface area contributed by atoms with Gasteiger partial charge in [0.25, 0.3) is 0 Å². The van der Waals surface area contributed by atoms with Gasteiger partial charge in [-0.1, -0.05) is 5.92 Å². The average Bonchev–Trinajstić information content (AvgIpc) is 2.15. The van der Waals surface area contributed by atoms with Crippen molar-refractivity contribution in [3.05, 3.63) is 0 Å². The maximum Gasteiger partial charge on any atom is 0.317 e. The minimum absolute atomic E-state index is 0.0984. The van der Waals surface area contributed by atoms with Gasteiger partial charge in [-0.2, -0.15) is 0 Å². The third-order valence-electron chi connectivity index (χ3n) is 1.52. The quantitative estimate of drug-likeness (QED) is 0.421. The van der Waals surface area contributed by atoms with E-state index < -0.39 is 13.9 Å². The third-order valence-corrected chi connectivity index (χ3v) is 3.35. The molecule has 14 heavy (non-hydrogen) atoms.